The maximum atomic E-state index is 11.8. The van der Waals surface area contributed by atoms with E-state index in [0.717, 1.165) is 21.3 Å². The molecule has 0 spiro atoms. The number of rotatable bonds is 2. The van der Waals surface area contributed by atoms with Gasteiger partial charge in [0.1, 0.15) is 5.82 Å². The van der Waals surface area contributed by atoms with E-state index in [-0.39, 0.29) is 5.56 Å². The van der Waals surface area contributed by atoms with Crippen LogP contribution in [0.3, 0.4) is 0 Å². The number of nitrogens with zero attached hydrogens (tertiary/aromatic N) is 1. The number of hydrogen-bond donors (Lipinski definition) is 1. The van der Waals surface area contributed by atoms with Gasteiger partial charge in [-0.15, -0.1) is 0 Å². The summed E-state index contributed by atoms with van der Waals surface area (Å²) in [6, 6.07) is 7.71. The second kappa shape index (κ2) is 4.84. The summed E-state index contributed by atoms with van der Waals surface area (Å²) in [5.41, 5.74) is 2.43. The first-order valence-electron chi connectivity index (χ1n) is 5.47. The van der Waals surface area contributed by atoms with Crippen molar-refractivity contribution in [2.24, 2.45) is 0 Å². The molecule has 0 unspecified atom stereocenters. The zero-order chi connectivity index (χ0) is 12.4. The molecule has 1 heterocycles. The van der Waals surface area contributed by atoms with Crippen LogP contribution in [0, 0.1) is 6.92 Å². The molecule has 0 aliphatic carbocycles. The largest absolute Gasteiger partial charge is 0.306 e. The molecule has 0 amide bonds. The Morgan fingerprint density at radius 1 is 1.29 bits per heavy atom. The standard InChI is InChI=1S/C13H13BrN2O/c1-3-11-8(2)15-12(16-13(11)17)9-4-6-10(14)7-5-9/h4-7H,3H2,1-2H3,(H,15,16,17). The molecule has 1 N–H and O–H groups in total. The van der Waals surface area contributed by atoms with E-state index in [4.69, 9.17) is 0 Å². The molecule has 0 saturated carbocycles. The van der Waals surface area contributed by atoms with Crippen molar-refractivity contribution in [1.82, 2.24) is 9.97 Å². The average molecular weight is 293 g/mol. The van der Waals surface area contributed by atoms with E-state index in [1.165, 1.54) is 0 Å². The van der Waals surface area contributed by atoms with Gasteiger partial charge in [0, 0.05) is 21.3 Å². The molecule has 0 radical (unpaired) electrons. The summed E-state index contributed by atoms with van der Waals surface area (Å²) in [6.07, 6.45) is 0.703. The van der Waals surface area contributed by atoms with Crippen molar-refractivity contribution in [2.45, 2.75) is 20.3 Å². The molecule has 1 aromatic carbocycles. The van der Waals surface area contributed by atoms with E-state index in [9.17, 15) is 4.79 Å². The van der Waals surface area contributed by atoms with E-state index in [1.807, 2.05) is 38.1 Å². The highest BCUT2D eigenvalue weighted by molar-refractivity contribution is 9.10. The Bertz CT molecular complexity index is 587. The predicted molar refractivity (Wildman–Crippen MR) is 72.1 cm³/mol. The van der Waals surface area contributed by atoms with Gasteiger partial charge in [-0.05, 0) is 25.5 Å². The maximum absolute atomic E-state index is 11.8. The molecule has 0 saturated heterocycles. The zero-order valence-electron chi connectivity index (χ0n) is 9.75. The fourth-order valence-corrected chi connectivity index (χ4v) is 2.04. The van der Waals surface area contributed by atoms with Crippen molar-refractivity contribution in [2.75, 3.05) is 0 Å². The van der Waals surface area contributed by atoms with Crippen LogP contribution >= 0.6 is 15.9 Å². The molecule has 4 heteroatoms. The van der Waals surface area contributed by atoms with Gasteiger partial charge in [-0.25, -0.2) is 4.98 Å². The summed E-state index contributed by atoms with van der Waals surface area (Å²) < 4.78 is 1.01. The van der Waals surface area contributed by atoms with Gasteiger partial charge in [-0.1, -0.05) is 35.0 Å². The minimum atomic E-state index is -0.0436. The van der Waals surface area contributed by atoms with Crippen LogP contribution in [0.2, 0.25) is 0 Å². The molecular formula is C13H13BrN2O. The van der Waals surface area contributed by atoms with Gasteiger partial charge in [0.15, 0.2) is 0 Å². The summed E-state index contributed by atoms with van der Waals surface area (Å²) in [6.45, 7) is 3.83. The van der Waals surface area contributed by atoms with Crippen LogP contribution in [0.1, 0.15) is 18.2 Å². The van der Waals surface area contributed by atoms with Crippen molar-refractivity contribution in [3.8, 4) is 11.4 Å². The Balaban J connectivity index is 2.54. The molecule has 1 aromatic heterocycles. The summed E-state index contributed by atoms with van der Waals surface area (Å²) in [5, 5.41) is 0. The number of H-pyrrole nitrogens is 1. The molecular weight excluding hydrogens is 280 g/mol. The van der Waals surface area contributed by atoms with Gasteiger partial charge in [0.05, 0.1) is 0 Å². The quantitative estimate of drug-likeness (QED) is 0.925. The maximum Gasteiger partial charge on any atom is 0.254 e. The molecule has 3 nitrogen and oxygen atoms in total. The van der Waals surface area contributed by atoms with Gasteiger partial charge in [-0.3, -0.25) is 4.79 Å². The highest BCUT2D eigenvalue weighted by atomic mass is 79.9. The first-order valence-corrected chi connectivity index (χ1v) is 6.27. The summed E-state index contributed by atoms with van der Waals surface area (Å²) >= 11 is 3.38. The Labute approximate surface area is 108 Å². The Morgan fingerprint density at radius 3 is 2.47 bits per heavy atom. The topological polar surface area (TPSA) is 45.8 Å². The lowest BCUT2D eigenvalue weighted by Gasteiger charge is -2.05. The summed E-state index contributed by atoms with van der Waals surface area (Å²) in [4.78, 5) is 19.1. The van der Waals surface area contributed by atoms with Crippen LogP contribution in [0.25, 0.3) is 11.4 Å². The van der Waals surface area contributed by atoms with Crippen molar-refractivity contribution in [3.63, 3.8) is 0 Å². The minimum absolute atomic E-state index is 0.0436. The molecule has 0 fully saturated rings. The van der Waals surface area contributed by atoms with E-state index < -0.39 is 0 Å². The summed E-state index contributed by atoms with van der Waals surface area (Å²) in [7, 11) is 0. The molecule has 0 aliphatic heterocycles. The Morgan fingerprint density at radius 2 is 1.94 bits per heavy atom. The number of aryl methyl sites for hydroxylation is 1. The lowest BCUT2D eigenvalue weighted by Crippen LogP contribution is -2.16. The number of aromatic nitrogens is 2. The minimum Gasteiger partial charge on any atom is -0.306 e. The van der Waals surface area contributed by atoms with Gasteiger partial charge >= 0.3 is 0 Å². The normalized spacial score (nSPS) is 10.5. The van der Waals surface area contributed by atoms with Crippen LogP contribution in [-0.2, 0) is 6.42 Å². The first-order chi connectivity index (χ1) is 8.11. The highest BCUT2D eigenvalue weighted by Gasteiger charge is 2.07. The van der Waals surface area contributed by atoms with Crippen molar-refractivity contribution in [1.29, 1.82) is 0 Å². The monoisotopic (exact) mass is 292 g/mol. The third kappa shape index (κ3) is 2.47. The third-order valence-corrected chi connectivity index (χ3v) is 3.22. The number of benzene rings is 1. The smallest absolute Gasteiger partial charge is 0.254 e. The van der Waals surface area contributed by atoms with Crippen LogP contribution in [0.15, 0.2) is 33.5 Å². The van der Waals surface area contributed by atoms with Crippen LogP contribution in [0.4, 0.5) is 0 Å². The number of aromatic amines is 1. The lowest BCUT2D eigenvalue weighted by atomic mass is 10.1. The van der Waals surface area contributed by atoms with Gasteiger partial charge in [0.25, 0.3) is 5.56 Å². The molecule has 17 heavy (non-hydrogen) atoms. The van der Waals surface area contributed by atoms with Crippen LogP contribution in [0.5, 0.6) is 0 Å². The van der Waals surface area contributed by atoms with E-state index in [0.29, 0.717) is 12.2 Å². The molecule has 0 atom stereocenters. The SMILES string of the molecule is CCc1c(C)nc(-c2ccc(Br)cc2)[nH]c1=O. The van der Waals surface area contributed by atoms with E-state index in [1.54, 1.807) is 0 Å². The molecule has 2 rings (SSSR count). The first kappa shape index (κ1) is 12.0. The lowest BCUT2D eigenvalue weighted by molar-refractivity contribution is 0.968. The predicted octanol–water partition coefficient (Wildman–Crippen LogP) is 3.07. The van der Waals surface area contributed by atoms with Crippen molar-refractivity contribution in [3.05, 3.63) is 50.3 Å². The molecule has 88 valence electrons. The average Bonchev–Trinajstić information content (AvgIpc) is 2.29. The second-order valence-electron chi connectivity index (χ2n) is 3.84. The second-order valence-corrected chi connectivity index (χ2v) is 4.75. The van der Waals surface area contributed by atoms with Gasteiger partial charge in [0.2, 0.25) is 0 Å². The Hall–Kier alpha value is -1.42. The molecule has 0 aliphatic rings. The molecule has 0 bridgehead atoms. The van der Waals surface area contributed by atoms with Crippen molar-refractivity contribution < 1.29 is 0 Å². The van der Waals surface area contributed by atoms with Gasteiger partial charge in [-0.2, -0.15) is 0 Å². The van der Waals surface area contributed by atoms with Crippen LogP contribution < -0.4 is 5.56 Å². The van der Waals surface area contributed by atoms with Crippen molar-refractivity contribution >= 4 is 15.9 Å². The third-order valence-electron chi connectivity index (χ3n) is 2.69. The fourth-order valence-electron chi connectivity index (χ4n) is 1.77. The van der Waals surface area contributed by atoms with E-state index >= 15 is 0 Å². The summed E-state index contributed by atoms with van der Waals surface area (Å²) in [5.74, 6) is 0.622. The fraction of sp³-hybridized carbons (Fsp3) is 0.231. The number of hydrogen-bond acceptors (Lipinski definition) is 2. The van der Waals surface area contributed by atoms with E-state index in [2.05, 4.69) is 25.9 Å². The van der Waals surface area contributed by atoms with Gasteiger partial charge < -0.3 is 4.98 Å². The Kier molecular flexibility index (Phi) is 3.43. The number of nitrogens with one attached hydrogen (secondary N) is 1. The molecule has 2 aromatic rings. The van der Waals surface area contributed by atoms with Crippen LogP contribution in [-0.4, -0.2) is 9.97 Å². The number of halogens is 1. The zero-order valence-corrected chi connectivity index (χ0v) is 11.3. The highest BCUT2D eigenvalue weighted by Crippen LogP contribution is 2.18.